The summed E-state index contributed by atoms with van der Waals surface area (Å²) in [6.07, 6.45) is 3.93. The maximum absolute atomic E-state index is 3.52. The van der Waals surface area contributed by atoms with Gasteiger partial charge in [0, 0.05) is 37.6 Å². The summed E-state index contributed by atoms with van der Waals surface area (Å²) in [5, 5.41) is 3.52. The molecule has 0 amide bonds. The van der Waals surface area contributed by atoms with Crippen LogP contribution >= 0.6 is 0 Å². The van der Waals surface area contributed by atoms with Gasteiger partial charge in [-0.05, 0) is 62.5 Å². The average Bonchev–Trinajstić information content (AvgIpc) is 2.97. The highest BCUT2D eigenvalue weighted by molar-refractivity contribution is 5.56. The van der Waals surface area contributed by atoms with Crippen LogP contribution in [0.4, 0.5) is 11.4 Å². The van der Waals surface area contributed by atoms with E-state index in [4.69, 9.17) is 0 Å². The number of rotatable bonds is 2. The van der Waals surface area contributed by atoms with Crippen LogP contribution in [0.15, 0.2) is 24.3 Å². The van der Waals surface area contributed by atoms with Crippen LogP contribution in [0.25, 0.3) is 0 Å². The molecular formula is C17H27N3. The van der Waals surface area contributed by atoms with E-state index in [2.05, 4.69) is 46.3 Å². The molecule has 110 valence electrons. The normalized spacial score (nSPS) is 24.6. The van der Waals surface area contributed by atoms with Gasteiger partial charge in [0.1, 0.15) is 0 Å². The second-order valence-corrected chi connectivity index (χ2v) is 6.32. The van der Waals surface area contributed by atoms with Crippen molar-refractivity contribution in [1.29, 1.82) is 0 Å². The van der Waals surface area contributed by atoms with E-state index in [0.717, 1.165) is 19.6 Å². The molecule has 1 aromatic carbocycles. The Balaban J connectivity index is 1.68. The first-order chi connectivity index (χ1) is 9.83. The SMILES string of the molecule is CC1CNCCCN(c2ccc(N3CCCC3)cc2)C1. The lowest BCUT2D eigenvalue weighted by Gasteiger charge is -2.31. The highest BCUT2D eigenvalue weighted by Crippen LogP contribution is 2.24. The Morgan fingerprint density at radius 1 is 0.900 bits per heavy atom. The van der Waals surface area contributed by atoms with Crippen LogP contribution in [0.1, 0.15) is 26.2 Å². The van der Waals surface area contributed by atoms with Gasteiger partial charge in [-0.3, -0.25) is 0 Å². The lowest BCUT2D eigenvalue weighted by molar-refractivity contribution is 0.468. The third-order valence-corrected chi connectivity index (χ3v) is 4.49. The Hall–Kier alpha value is -1.22. The van der Waals surface area contributed by atoms with E-state index in [0.29, 0.717) is 5.92 Å². The molecule has 1 unspecified atom stereocenters. The van der Waals surface area contributed by atoms with Crippen molar-refractivity contribution in [2.75, 3.05) is 49.1 Å². The zero-order valence-corrected chi connectivity index (χ0v) is 12.6. The molecule has 2 saturated heterocycles. The number of nitrogens with zero attached hydrogens (tertiary/aromatic N) is 2. The topological polar surface area (TPSA) is 18.5 Å². The predicted molar refractivity (Wildman–Crippen MR) is 86.8 cm³/mol. The van der Waals surface area contributed by atoms with Crippen LogP contribution in [0.2, 0.25) is 0 Å². The van der Waals surface area contributed by atoms with E-state index in [1.165, 1.54) is 50.3 Å². The van der Waals surface area contributed by atoms with Gasteiger partial charge < -0.3 is 15.1 Å². The van der Waals surface area contributed by atoms with Crippen molar-refractivity contribution in [3.63, 3.8) is 0 Å². The number of hydrogen-bond donors (Lipinski definition) is 1. The van der Waals surface area contributed by atoms with Crippen LogP contribution in [-0.4, -0.2) is 39.3 Å². The molecule has 3 heteroatoms. The third-order valence-electron chi connectivity index (χ3n) is 4.49. The van der Waals surface area contributed by atoms with Crippen molar-refractivity contribution < 1.29 is 0 Å². The van der Waals surface area contributed by atoms with Crippen molar-refractivity contribution in [3.05, 3.63) is 24.3 Å². The zero-order chi connectivity index (χ0) is 13.8. The Kier molecular flexibility index (Phi) is 4.46. The summed E-state index contributed by atoms with van der Waals surface area (Å²) < 4.78 is 0. The largest absolute Gasteiger partial charge is 0.372 e. The van der Waals surface area contributed by atoms with Gasteiger partial charge in [0.25, 0.3) is 0 Å². The maximum Gasteiger partial charge on any atom is 0.0367 e. The Morgan fingerprint density at radius 3 is 2.20 bits per heavy atom. The fraction of sp³-hybridized carbons (Fsp3) is 0.647. The van der Waals surface area contributed by atoms with Gasteiger partial charge in [0.15, 0.2) is 0 Å². The van der Waals surface area contributed by atoms with E-state index in [9.17, 15) is 0 Å². The average molecular weight is 273 g/mol. The van der Waals surface area contributed by atoms with E-state index >= 15 is 0 Å². The quantitative estimate of drug-likeness (QED) is 0.894. The molecule has 2 aliphatic heterocycles. The second-order valence-electron chi connectivity index (χ2n) is 6.32. The molecule has 3 nitrogen and oxygen atoms in total. The molecular weight excluding hydrogens is 246 g/mol. The molecule has 0 aliphatic carbocycles. The minimum atomic E-state index is 0.716. The summed E-state index contributed by atoms with van der Waals surface area (Å²) in [6, 6.07) is 9.25. The van der Waals surface area contributed by atoms with Crippen LogP contribution in [0, 0.1) is 5.92 Å². The van der Waals surface area contributed by atoms with Gasteiger partial charge in [-0.15, -0.1) is 0 Å². The van der Waals surface area contributed by atoms with Crippen LogP contribution in [0.3, 0.4) is 0 Å². The van der Waals surface area contributed by atoms with Gasteiger partial charge in [0.2, 0.25) is 0 Å². The predicted octanol–water partition coefficient (Wildman–Crippen LogP) is 2.72. The molecule has 0 radical (unpaired) electrons. The first-order valence-corrected chi connectivity index (χ1v) is 8.13. The van der Waals surface area contributed by atoms with E-state index in [1.807, 2.05) is 0 Å². The molecule has 1 atom stereocenters. The summed E-state index contributed by atoms with van der Waals surface area (Å²) >= 11 is 0. The minimum Gasteiger partial charge on any atom is -0.372 e. The summed E-state index contributed by atoms with van der Waals surface area (Å²) in [4.78, 5) is 5.06. The molecule has 2 heterocycles. The van der Waals surface area contributed by atoms with Crippen LogP contribution in [0.5, 0.6) is 0 Å². The molecule has 0 spiro atoms. The van der Waals surface area contributed by atoms with Crippen molar-refractivity contribution in [3.8, 4) is 0 Å². The van der Waals surface area contributed by atoms with Gasteiger partial charge in [-0.2, -0.15) is 0 Å². The number of benzene rings is 1. The first-order valence-electron chi connectivity index (χ1n) is 8.13. The first kappa shape index (κ1) is 13.7. The summed E-state index contributed by atoms with van der Waals surface area (Å²) in [7, 11) is 0. The zero-order valence-electron chi connectivity index (χ0n) is 12.6. The highest BCUT2D eigenvalue weighted by atomic mass is 15.2. The second kappa shape index (κ2) is 6.49. The van der Waals surface area contributed by atoms with Gasteiger partial charge >= 0.3 is 0 Å². The monoisotopic (exact) mass is 273 g/mol. The van der Waals surface area contributed by atoms with E-state index in [-0.39, 0.29) is 0 Å². The molecule has 0 bridgehead atoms. The Labute approximate surface area is 123 Å². The van der Waals surface area contributed by atoms with Gasteiger partial charge in [0.05, 0.1) is 0 Å². The highest BCUT2D eigenvalue weighted by Gasteiger charge is 2.15. The molecule has 1 aromatic rings. The smallest absolute Gasteiger partial charge is 0.0367 e. The molecule has 1 N–H and O–H groups in total. The third kappa shape index (κ3) is 3.26. The standard InChI is InChI=1S/C17H27N3/c1-15-13-18-9-4-12-20(14-15)17-7-5-16(6-8-17)19-10-2-3-11-19/h5-8,15,18H,2-4,9-14H2,1H3. The summed E-state index contributed by atoms with van der Waals surface area (Å²) in [6.45, 7) is 9.41. The Bertz CT molecular complexity index is 409. The van der Waals surface area contributed by atoms with Crippen molar-refractivity contribution in [2.45, 2.75) is 26.2 Å². The van der Waals surface area contributed by atoms with Gasteiger partial charge in [-0.1, -0.05) is 6.92 Å². The number of hydrogen-bond acceptors (Lipinski definition) is 3. The van der Waals surface area contributed by atoms with Crippen molar-refractivity contribution >= 4 is 11.4 Å². The van der Waals surface area contributed by atoms with E-state index < -0.39 is 0 Å². The van der Waals surface area contributed by atoms with Gasteiger partial charge in [-0.25, -0.2) is 0 Å². The molecule has 2 aliphatic rings. The molecule has 3 rings (SSSR count). The molecule has 0 saturated carbocycles. The maximum atomic E-state index is 3.52. The van der Waals surface area contributed by atoms with Crippen LogP contribution < -0.4 is 15.1 Å². The van der Waals surface area contributed by atoms with E-state index in [1.54, 1.807) is 0 Å². The number of nitrogens with one attached hydrogen (secondary N) is 1. The summed E-state index contributed by atoms with van der Waals surface area (Å²) in [5.74, 6) is 0.716. The lowest BCUT2D eigenvalue weighted by Crippen LogP contribution is -2.38. The van der Waals surface area contributed by atoms with Crippen molar-refractivity contribution in [1.82, 2.24) is 5.32 Å². The Morgan fingerprint density at radius 2 is 1.50 bits per heavy atom. The number of anilines is 2. The molecule has 0 aromatic heterocycles. The lowest BCUT2D eigenvalue weighted by atomic mass is 10.1. The fourth-order valence-electron chi connectivity index (χ4n) is 3.36. The summed E-state index contributed by atoms with van der Waals surface area (Å²) in [5.41, 5.74) is 2.79. The molecule has 20 heavy (non-hydrogen) atoms. The van der Waals surface area contributed by atoms with Crippen LogP contribution in [-0.2, 0) is 0 Å². The fourth-order valence-corrected chi connectivity index (χ4v) is 3.36. The minimum absolute atomic E-state index is 0.716. The van der Waals surface area contributed by atoms with Crippen molar-refractivity contribution in [2.24, 2.45) is 5.92 Å². The molecule has 2 fully saturated rings.